The van der Waals surface area contributed by atoms with Crippen LogP contribution in [0.1, 0.15) is 115 Å². The van der Waals surface area contributed by atoms with Gasteiger partial charge >= 0.3 is 0 Å². The Hall–Kier alpha value is -9.17. The Labute approximate surface area is 463 Å². The lowest BCUT2D eigenvalue weighted by Crippen LogP contribution is -2.17. The Morgan fingerprint density at radius 3 is 1.43 bits per heavy atom. The van der Waals surface area contributed by atoms with Gasteiger partial charge in [-0.25, -0.2) is 19.3 Å². The number of hydrogen-bond donors (Lipinski definition) is 2. The third kappa shape index (κ3) is 11.9. The lowest BCUT2D eigenvalue weighted by molar-refractivity contribution is 0.101. The van der Waals surface area contributed by atoms with Gasteiger partial charge in [0, 0.05) is 40.8 Å². The van der Waals surface area contributed by atoms with Crippen molar-refractivity contribution in [2.75, 3.05) is 17.7 Å². The highest BCUT2D eigenvalue weighted by Crippen LogP contribution is 2.34. The highest BCUT2D eigenvalue weighted by Gasteiger charge is 2.22. The zero-order valence-corrected chi connectivity index (χ0v) is 47.3. The molecule has 0 aliphatic rings. The number of carbonyl (C=O) groups excluding carboxylic acids is 2. The average molecular weight is 1050 g/mol. The first-order chi connectivity index (χ1) is 37.8. The van der Waals surface area contributed by atoms with Gasteiger partial charge < -0.3 is 24.5 Å². The summed E-state index contributed by atoms with van der Waals surface area (Å²) in [5, 5.41) is 15.4. The van der Waals surface area contributed by atoms with E-state index in [4.69, 9.17) is 14.7 Å². The van der Waals surface area contributed by atoms with E-state index in [-0.39, 0.29) is 22.6 Å². The quantitative estimate of drug-likeness (QED) is 0.116. The highest BCUT2D eigenvalue weighted by atomic mass is 16.5. The van der Waals surface area contributed by atoms with Crippen molar-refractivity contribution in [1.82, 2.24) is 43.6 Å². The number of imidazole rings is 2. The summed E-state index contributed by atoms with van der Waals surface area (Å²) in [6.45, 7) is 23.0. The first-order valence-corrected chi connectivity index (χ1v) is 26.7. The number of para-hydroxylation sites is 2. The standard InChI is InChI=1S/C33H35N5O2.C32H34N6O/c1-7-29-26(19-35-38(29)25-11-9-8-10-12-25)28-20-37(21-34-28)30-17-23(14-13-22(30)2)32(39)36-27-18-24(33(3,4)5)15-16-31(27)40-6;1-7-29-26(18-35-38(29)25-11-9-8-10-12-25)28-19-37(20-34-28)30-15-23(14-13-21(30)2)31(39)36-27-16-24(32(4,5)6)17-33-22(27)3/h8-21H,7H2,1-6H3,(H,36,39);8-20H,7H2,1-6H3,(H,36,39). The molecule has 0 saturated carbocycles. The second-order valence-corrected chi connectivity index (χ2v) is 21.7. The zero-order valence-electron chi connectivity index (χ0n) is 47.3. The van der Waals surface area contributed by atoms with Gasteiger partial charge in [-0.1, -0.05) is 110 Å². The molecule has 0 radical (unpaired) electrons. The van der Waals surface area contributed by atoms with Gasteiger partial charge in [0.1, 0.15) is 5.75 Å². The number of carbonyl (C=O) groups is 2. The SMILES string of the molecule is CCc1c(-c2cn(-c3cc(C(=O)Nc4cc(C(C)(C)C)ccc4OC)ccc3C)cn2)cnn1-c1ccccc1.CCc1c(-c2cn(-c3cc(C(=O)Nc4cc(C(C)(C)C)cnc4C)ccc3C)cn2)cnn1-c1ccccc1. The number of methoxy groups -OCH3 is 1. The van der Waals surface area contributed by atoms with Crippen LogP contribution in [0.5, 0.6) is 5.75 Å². The van der Waals surface area contributed by atoms with E-state index in [2.05, 4.69) is 81.2 Å². The summed E-state index contributed by atoms with van der Waals surface area (Å²) in [6.07, 6.45) is 14.8. The number of amides is 2. The van der Waals surface area contributed by atoms with Gasteiger partial charge in [-0.3, -0.25) is 14.6 Å². The van der Waals surface area contributed by atoms with E-state index in [0.717, 1.165) is 103 Å². The normalized spacial score (nSPS) is 11.5. The van der Waals surface area contributed by atoms with Crippen molar-refractivity contribution in [3.8, 4) is 51.0 Å². The van der Waals surface area contributed by atoms with Crippen LogP contribution in [0.4, 0.5) is 11.4 Å². The Kier molecular flexibility index (Phi) is 15.8. The molecular formula is C65H69N11O3. The minimum absolute atomic E-state index is 0.0584. The Morgan fingerprint density at radius 1 is 0.532 bits per heavy atom. The maximum atomic E-state index is 13.4. The fraction of sp³-hybridized carbons (Fsp3) is 0.246. The molecule has 0 bridgehead atoms. The number of benzene rings is 5. The van der Waals surface area contributed by atoms with Gasteiger partial charge in [-0.2, -0.15) is 10.2 Å². The summed E-state index contributed by atoms with van der Waals surface area (Å²) in [4.78, 5) is 40.6. The zero-order chi connectivity index (χ0) is 56.2. The number of nitrogens with one attached hydrogen (secondary N) is 2. The number of hydrogen-bond acceptors (Lipinski definition) is 8. The molecule has 10 rings (SSSR count). The van der Waals surface area contributed by atoms with Crippen LogP contribution in [0.2, 0.25) is 0 Å². The minimum atomic E-state index is -0.205. The van der Waals surface area contributed by atoms with Crippen molar-refractivity contribution in [1.29, 1.82) is 0 Å². The van der Waals surface area contributed by atoms with Crippen molar-refractivity contribution < 1.29 is 14.3 Å². The number of anilines is 2. The van der Waals surface area contributed by atoms with Crippen LogP contribution in [0.3, 0.4) is 0 Å². The fourth-order valence-electron chi connectivity index (χ4n) is 9.42. The van der Waals surface area contributed by atoms with Gasteiger partial charge in [0.05, 0.1) is 94.8 Å². The number of pyridine rings is 1. The molecule has 0 fully saturated rings. The molecule has 10 aromatic rings. The molecule has 5 aromatic heterocycles. The molecule has 0 saturated heterocycles. The van der Waals surface area contributed by atoms with E-state index in [1.807, 2.05) is 192 Å². The summed E-state index contributed by atoms with van der Waals surface area (Å²) in [6, 6.07) is 39.5. The third-order valence-electron chi connectivity index (χ3n) is 14.1. The molecule has 5 heterocycles. The Morgan fingerprint density at radius 2 is 0.987 bits per heavy atom. The lowest BCUT2D eigenvalue weighted by atomic mass is 9.87. The van der Waals surface area contributed by atoms with Crippen LogP contribution in [0, 0.1) is 20.8 Å². The van der Waals surface area contributed by atoms with E-state index >= 15 is 0 Å². The monoisotopic (exact) mass is 1050 g/mol. The van der Waals surface area contributed by atoms with Crippen LogP contribution in [-0.2, 0) is 23.7 Å². The maximum Gasteiger partial charge on any atom is 0.255 e. The second-order valence-electron chi connectivity index (χ2n) is 21.7. The largest absolute Gasteiger partial charge is 0.495 e. The second kappa shape index (κ2) is 22.8. The van der Waals surface area contributed by atoms with Gasteiger partial charge in [0.25, 0.3) is 11.8 Å². The Bertz CT molecular complexity index is 3790. The fourth-order valence-corrected chi connectivity index (χ4v) is 9.42. The van der Waals surface area contributed by atoms with E-state index < -0.39 is 0 Å². The van der Waals surface area contributed by atoms with Crippen molar-refractivity contribution in [2.45, 2.75) is 99.8 Å². The number of ether oxygens (including phenoxy) is 1. The minimum Gasteiger partial charge on any atom is -0.495 e. The van der Waals surface area contributed by atoms with E-state index in [1.54, 1.807) is 19.8 Å². The molecule has 0 aliphatic carbocycles. The van der Waals surface area contributed by atoms with E-state index in [1.165, 1.54) is 0 Å². The van der Waals surface area contributed by atoms with Gasteiger partial charge in [0.2, 0.25) is 0 Å². The smallest absolute Gasteiger partial charge is 0.255 e. The van der Waals surface area contributed by atoms with E-state index in [0.29, 0.717) is 22.6 Å². The summed E-state index contributed by atoms with van der Waals surface area (Å²) in [5.74, 6) is 0.240. The molecular weight excluding hydrogens is 983 g/mol. The number of rotatable bonds is 13. The topological polar surface area (TPSA) is 152 Å². The molecule has 0 spiro atoms. The molecule has 2 amide bonds. The number of aryl methyl sites for hydroxylation is 3. The molecule has 14 heteroatoms. The molecule has 402 valence electrons. The van der Waals surface area contributed by atoms with Gasteiger partial charge in [-0.15, -0.1) is 0 Å². The third-order valence-corrected chi connectivity index (χ3v) is 14.1. The van der Waals surface area contributed by atoms with Gasteiger partial charge in [0.15, 0.2) is 0 Å². The molecule has 0 aliphatic heterocycles. The van der Waals surface area contributed by atoms with Crippen molar-refractivity contribution >= 4 is 23.2 Å². The van der Waals surface area contributed by atoms with Crippen LogP contribution in [0.25, 0.3) is 45.3 Å². The van der Waals surface area contributed by atoms with Crippen LogP contribution >= 0.6 is 0 Å². The maximum absolute atomic E-state index is 13.4. The number of nitrogens with zero attached hydrogens (tertiary/aromatic N) is 9. The van der Waals surface area contributed by atoms with Crippen LogP contribution < -0.4 is 15.4 Å². The van der Waals surface area contributed by atoms with Crippen LogP contribution in [0.15, 0.2) is 165 Å². The summed E-state index contributed by atoms with van der Waals surface area (Å²) < 4.78 is 13.4. The molecule has 0 unspecified atom stereocenters. The predicted molar refractivity (Wildman–Crippen MR) is 316 cm³/mol. The Balaban J connectivity index is 0.000000192. The molecule has 14 nitrogen and oxygen atoms in total. The molecule has 79 heavy (non-hydrogen) atoms. The average Bonchev–Trinajstić information content (AvgIpc) is 4.39. The number of aromatic nitrogens is 9. The van der Waals surface area contributed by atoms with Crippen molar-refractivity contribution in [3.63, 3.8) is 0 Å². The summed E-state index contributed by atoms with van der Waals surface area (Å²) in [5.41, 5.74) is 17.1. The van der Waals surface area contributed by atoms with E-state index in [9.17, 15) is 9.59 Å². The van der Waals surface area contributed by atoms with Crippen molar-refractivity contribution in [3.05, 3.63) is 215 Å². The predicted octanol–water partition coefficient (Wildman–Crippen LogP) is 14.0. The first kappa shape index (κ1) is 54.6. The summed E-state index contributed by atoms with van der Waals surface area (Å²) >= 11 is 0. The van der Waals surface area contributed by atoms with Crippen LogP contribution in [-0.4, -0.2) is 62.6 Å². The molecule has 2 N–H and O–H groups in total. The summed E-state index contributed by atoms with van der Waals surface area (Å²) in [7, 11) is 1.61. The first-order valence-electron chi connectivity index (χ1n) is 26.7. The lowest BCUT2D eigenvalue weighted by Gasteiger charge is -2.21. The molecule has 0 atom stereocenters. The van der Waals surface area contributed by atoms with Crippen molar-refractivity contribution in [2.24, 2.45) is 0 Å². The molecule has 5 aromatic carbocycles. The highest BCUT2D eigenvalue weighted by molar-refractivity contribution is 6.06. The van der Waals surface area contributed by atoms with Gasteiger partial charge in [-0.05, 0) is 133 Å².